The molecular formula is C25H37F3O2. The highest BCUT2D eigenvalue weighted by atomic mass is 19.4. The number of hydrogen-bond donors (Lipinski definition) is 0. The summed E-state index contributed by atoms with van der Waals surface area (Å²) in [4.78, 5) is 0. The van der Waals surface area contributed by atoms with E-state index in [-0.39, 0.29) is 5.75 Å². The van der Waals surface area contributed by atoms with E-state index in [1.54, 1.807) is 12.1 Å². The highest BCUT2D eigenvalue weighted by molar-refractivity contribution is 5.31. The van der Waals surface area contributed by atoms with E-state index in [0.717, 1.165) is 17.8 Å². The van der Waals surface area contributed by atoms with Crippen LogP contribution >= 0.6 is 0 Å². The van der Waals surface area contributed by atoms with Crippen LogP contribution in [0.25, 0.3) is 0 Å². The number of unbranched alkanes of at least 4 members (excludes halogenated alkanes) is 2. The highest BCUT2D eigenvalue weighted by Crippen LogP contribution is 2.42. The van der Waals surface area contributed by atoms with Crippen molar-refractivity contribution in [1.29, 1.82) is 0 Å². The first-order valence-electron chi connectivity index (χ1n) is 11.9. The lowest BCUT2D eigenvalue weighted by Crippen LogP contribution is -2.27. The normalized spacial score (nSPS) is 27.6. The van der Waals surface area contributed by atoms with Crippen molar-refractivity contribution >= 4 is 0 Å². The number of alkyl halides is 3. The van der Waals surface area contributed by atoms with Gasteiger partial charge in [-0.15, -0.1) is 13.2 Å². The van der Waals surface area contributed by atoms with E-state index in [1.165, 1.54) is 89.2 Å². The van der Waals surface area contributed by atoms with Gasteiger partial charge < -0.3 is 9.47 Å². The second-order valence-electron chi connectivity index (χ2n) is 9.39. The molecule has 2 aliphatic rings. The van der Waals surface area contributed by atoms with E-state index in [9.17, 15) is 13.2 Å². The molecule has 30 heavy (non-hydrogen) atoms. The Morgan fingerprint density at radius 3 is 1.83 bits per heavy atom. The zero-order valence-corrected chi connectivity index (χ0v) is 18.3. The van der Waals surface area contributed by atoms with Gasteiger partial charge in [0.1, 0.15) is 11.5 Å². The van der Waals surface area contributed by atoms with Crippen molar-refractivity contribution in [2.45, 2.75) is 90.3 Å². The van der Waals surface area contributed by atoms with Crippen molar-refractivity contribution < 1.29 is 22.6 Å². The predicted octanol–water partition coefficient (Wildman–Crippen LogP) is 8.16. The molecule has 1 aromatic carbocycles. The lowest BCUT2D eigenvalue weighted by Gasteiger charge is -2.38. The maximum Gasteiger partial charge on any atom is 0.573 e. The van der Waals surface area contributed by atoms with Crippen molar-refractivity contribution in [3.05, 3.63) is 24.3 Å². The standard InChI is InChI=1S/C25H37F3O2/c1-2-3-4-5-19-6-10-21(11-7-19)22-12-8-20(9-13-22)18-29-23-14-16-24(17-15-23)30-25(26,27)28/h14-17,19-22H,2-13,18H2,1H3. The molecule has 3 rings (SSSR count). The lowest BCUT2D eigenvalue weighted by molar-refractivity contribution is -0.274. The van der Waals surface area contributed by atoms with E-state index in [0.29, 0.717) is 18.3 Å². The van der Waals surface area contributed by atoms with Crippen LogP contribution in [0.15, 0.2) is 24.3 Å². The molecule has 5 heteroatoms. The summed E-state index contributed by atoms with van der Waals surface area (Å²) in [7, 11) is 0. The molecule has 0 saturated heterocycles. The summed E-state index contributed by atoms with van der Waals surface area (Å²) >= 11 is 0. The molecule has 2 aliphatic carbocycles. The van der Waals surface area contributed by atoms with Crippen LogP contribution in [0.2, 0.25) is 0 Å². The van der Waals surface area contributed by atoms with Gasteiger partial charge in [-0.2, -0.15) is 0 Å². The third-order valence-electron chi connectivity index (χ3n) is 7.21. The number of benzene rings is 1. The van der Waals surface area contributed by atoms with Gasteiger partial charge in [0.15, 0.2) is 0 Å². The van der Waals surface area contributed by atoms with Crippen LogP contribution in [0, 0.1) is 23.7 Å². The Morgan fingerprint density at radius 2 is 1.30 bits per heavy atom. The third-order valence-corrected chi connectivity index (χ3v) is 7.21. The number of hydrogen-bond acceptors (Lipinski definition) is 2. The third kappa shape index (κ3) is 7.70. The Bertz CT molecular complexity index is 598. The van der Waals surface area contributed by atoms with E-state index < -0.39 is 6.36 Å². The first kappa shape index (κ1) is 23.3. The number of rotatable bonds is 9. The number of ether oxygens (including phenoxy) is 2. The molecule has 2 saturated carbocycles. The molecule has 0 unspecified atom stereocenters. The monoisotopic (exact) mass is 426 g/mol. The summed E-state index contributed by atoms with van der Waals surface area (Å²) in [6, 6.07) is 5.70. The highest BCUT2D eigenvalue weighted by Gasteiger charge is 2.32. The Kier molecular flexibility index (Phi) is 8.76. The molecule has 0 atom stereocenters. The van der Waals surface area contributed by atoms with Crippen molar-refractivity contribution in [2.75, 3.05) is 6.61 Å². The van der Waals surface area contributed by atoms with Crippen LogP contribution in [-0.4, -0.2) is 13.0 Å². The molecule has 170 valence electrons. The van der Waals surface area contributed by atoms with Crippen LogP contribution in [0.3, 0.4) is 0 Å². The van der Waals surface area contributed by atoms with Crippen molar-refractivity contribution in [2.24, 2.45) is 23.7 Å². The topological polar surface area (TPSA) is 18.5 Å². The lowest BCUT2D eigenvalue weighted by atomic mass is 9.69. The molecule has 0 aliphatic heterocycles. The van der Waals surface area contributed by atoms with Gasteiger partial charge >= 0.3 is 6.36 Å². The van der Waals surface area contributed by atoms with E-state index in [4.69, 9.17) is 4.74 Å². The molecule has 0 N–H and O–H groups in total. The first-order chi connectivity index (χ1) is 14.4. The average molecular weight is 427 g/mol. The Labute approximate surface area is 179 Å². The SMILES string of the molecule is CCCCCC1CCC(C2CCC(COc3ccc(OC(F)(F)F)cc3)CC2)CC1. The fourth-order valence-corrected chi connectivity index (χ4v) is 5.41. The van der Waals surface area contributed by atoms with Gasteiger partial charge in [-0.3, -0.25) is 0 Å². The van der Waals surface area contributed by atoms with Gasteiger partial charge in [0.05, 0.1) is 6.61 Å². The van der Waals surface area contributed by atoms with Gasteiger partial charge in [-0.1, -0.05) is 45.4 Å². The smallest absolute Gasteiger partial charge is 0.493 e. The first-order valence-corrected chi connectivity index (χ1v) is 11.9. The second-order valence-corrected chi connectivity index (χ2v) is 9.39. The van der Waals surface area contributed by atoms with Gasteiger partial charge in [0.2, 0.25) is 0 Å². The summed E-state index contributed by atoms with van der Waals surface area (Å²) in [6.45, 7) is 2.93. The average Bonchev–Trinajstić information content (AvgIpc) is 2.73. The molecule has 2 fully saturated rings. The zero-order valence-electron chi connectivity index (χ0n) is 18.3. The minimum Gasteiger partial charge on any atom is -0.493 e. The molecule has 2 nitrogen and oxygen atoms in total. The zero-order chi connectivity index (χ0) is 21.4. The van der Waals surface area contributed by atoms with Crippen LogP contribution < -0.4 is 9.47 Å². The second kappa shape index (κ2) is 11.3. The summed E-state index contributed by atoms with van der Waals surface area (Å²) in [5.41, 5.74) is 0. The molecule has 0 radical (unpaired) electrons. The molecule has 0 amide bonds. The van der Waals surface area contributed by atoms with E-state index in [1.807, 2.05) is 0 Å². The fraction of sp³-hybridized carbons (Fsp3) is 0.760. The van der Waals surface area contributed by atoms with Crippen molar-refractivity contribution in [3.63, 3.8) is 0 Å². The maximum atomic E-state index is 12.2. The Hall–Kier alpha value is -1.39. The minimum absolute atomic E-state index is 0.213. The number of halogens is 3. The molecule has 1 aromatic rings. The maximum absolute atomic E-state index is 12.2. The molecule has 0 spiro atoms. The largest absolute Gasteiger partial charge is 0.573 e. The van der Waals surface area contributed by atoms with Gasteiger partial charge in [-0.05, 0) is 86.5 Å². The van der Waals surface area contributed by atoms with Crippen LogP contribution in [0.5, 0.6) is 11.5 Å². The van der Waals surface area contributed by atoms with Gasteiger partial charge in [0, 0.05) is 0 Å². The van der Waals surface area contributed by atoms with Gasteiger partial charge in [0.25, 0.3) is 0 Å². The predicted molar refractivity (Wildman–Crippen MR) is 114 cm³/mol. The van der Waals surface area contributed by atoms with Crippen LogP contribution in [0.1, 0.15) is 84.0 Å². The van der Waals surface area contributed by atoms with Crippen LogP contribution in [-0.2, 0) is 0 Å². The minimum atomic E-state index is -4.66. The molecule has 0 bridgehead atoms. The summed E-state index contributed by atoms with van der Waals surface area (Å²) < 4.78 is 46.4. The molecular weight excluding hydrogens is 389 g/mol. The fourth-order valence-electron chi connectivity index (χ4n) is 5.41. The van der Waals surface area contributed by atoms with Crippen molar-refractivity contribution in [1.82, 2.24) is 0 Å². The van der Waals surface area contributed by atoms with Gasteiger partial charge in [-0.25, -0.2) is 0 Å². The molecule has 0 aromatic heterocycles. The quantitative estimate of drug-likeness (QED) is 0.371. The van der Waals surface area contributed by atoms with E-state index >= 15 is 0 Å². The van der Waals surface area contributed by atoms with E-state index in [2.05, 4.69) is 11.7 Å². The summed E-state index contributed by atoms with van der Waals surface area (Å²) in [6.07, 6.45) is 11.6. The summed E-state index contributed by atoms with van der Waals surface area (Å²) in [5.74, 6) is 3.73. The Morgan fingerprint density at radius 1 is 0.767 bits per heavy atom. The van der Waals surface area contributed by atoms with Crippen molar-refractivity contribution in [3.8, 4) is 11.5 Å². The van der Waals surface area contributed by atoms with Crippen LogP contribution in [0.4, 0.5) is 13.2 Å². The molecule has 0 heterocycles. The Balaban J connectivity index is 1.32. The summed E-state index contributed by atoms with van der Waals surface area (Å²) in [5, 5.41) is 0.